The van der Waals surface area contributed by atoms with E-state index >= 15 is 0 Å². The van der Waals surface area contributed by atoms with Gasteiger partial charge in [0.25, 0.3) is 0 Å². The summed E-state index contributed by atoms with van der Waals surface area (Å²) >= 11 is 0. The normalized spacial score (nSPS) is 22.8. The Kier molecular flexibility index (Phi) is 5.67. The zero-order valence-corrected chi connectivity index (χ0v) is 16.3. The van der Waals surface area contributed by atoms with Crippen LogP contribution in [0.2, 0.25) is 0 Å². The van der Waals surface area contributed by atoms with Gasteiger partial charge in [-0.3, -0.25) is 9.69 Å². The number of piperazine rings is 1. The summed E-state index contributed by atoms with van der Waals surface area (Å²) in [6.07, 6.45) is 1.78. The lowest BCUT2D eigenvalue weighted by Gasteiger charge is -2.41. The number of carbonyl (C=O) groups is 1. The van der Waals surface area contributed by atoms with Crippen molar-refractivity contribution in [1.29, 1.82) is 0 Å². The first-order valence-electron chi connectivity index (χ1n) is 9.78. The highest BCUT2D eigenvalue weighted by Gasteiger charge is 2.29. The molecule has 2 aliphatic heterocycles. The van der Waals surface area contributed by atoms with Crippen molar-refractivity contribution in [3.8, 4) is 0 Å². The number of rotatable bonds is 4. The molecule has 1 amide bonds. The van der Waals surface area contributed by atoms with Crippen molar-refractivity contribution in [1.82, 2.24) is 9.80 Å². The molecule has 2 fully saturated rings. The van der Waals surface area contributed by atoms with Gasteiger partial charge in [-0.1, -0.05) is 17.7 Å². The van der Waals surface area contributed by atoms with Gasteiger partial charge in [0.15, 0.2) is 0 Å². The second-order valence-electron chi connectivity index (χ2n) is 8.12. The van der Waals surface area contributed by atoms with Crippen molar-refractivity contribution in [2.45, 2.75) is 46.6 Å². The van der Waals surface area contributed by atoms with Gasteiger partial charge in [0.2, 0.25) is 5.91 Å². The molecule has 1 unspecified atom stereocenters. The van der Waals surface area contributed by atoms with Crippen molar-refractivity contribution in [3.63, 3.8) is 0 Å². The van der Waals surface area contributed by atoms with Crippen LogP contribution in [-0.4, -0.2) is 61.0 Å². The Morgan fingerprint density at radius 2 is 1.84 bits per heavy atom. The van der Waals surface area contributed by atoms with Gasteiger partial charge in [-0.05, 0) is 51.7 Å². The molecule has 0 saturated carbocycles. The number of benzene rings is 1. The minimum atomic E-state index is 0.330. The molecule has 0 aliphatic carbocycles. The van der Waals surface area contributed by atoms with Crippen LogP contribution in [0.4, 0.5) is 5.69 Å². The summed E-state index contributed by atoms with van der Waals surface area (Å²) in [7, 11) is 0. The lowest BCUT2D eigenvalue weighted by molar-refractivity contribution is -0.136. The van der Waals surface area contributed by atoms with E-state index in [1.54, 1.807) is 0 Å². The van der Waals surface area contributed by atoms with E-state index in [-0.39, 0.29) is 0 Å². The summed E-state index contributed by atoms with van der Waals surface area (Å²) in [4.78, 5) is 19.2. The summed E-state index contributed by atoms with van der Waals surface area (Å²) in [6.45, 7) is 15.2. The van der Waals surface area contributed by atoms with E-state index in [1.807, 2.05) is 0 Å². The van der Waals surface area contributed by atoms with E-state index in [2.05, 4.69) is 60.6 Å². The topological polar surface area (TPSA) is 26.8 Å². The molecule has 0 bridgehead atoms. The summed E-state index contributed by atoms with van der Waals surface area (Å²) in [6, 6.07) is 7.10. The van der Waals surface area contributed by atoms with Gasteiger partial charge in [-0.15, -0.1) is 0 Å². The molecule has 1 aromatic carbocycles. The standard InChI is InChI=1S/C21H33N3O/c1-16(2)24-15-19(6-8-21(24)25)14-22-9-11-23(12-10-22)20-7-5-17(3)13-18(20)4/h5,7,13,16,19H,6,8-12,14-15H2,1-4H3. The molecule has 1 atom stereocenters. The van der Waals surface area contributed by atoms with Crippen LogP contribution in [0, 0.1) is 19.8 Å². The Hall–Kier alpha value is -1.55. The predicted molar refractivity (Wildman–Crippen MR) is 104 cm³/mol. The molecule has 138 valence electrons. The molecule has 3 rings (SSSR count). The number of hydrogen-bond acceptors (Lipinski definition) is 3. The first kappa shape index (κ1) is 18.2. The van der Waals surface area contributed by atoms with E-state index in [0.717, 1.165) is 52.1 Å². The number of piperidine rings is 1. The molecular formula is C21H33N3O. The monoisotopic (exact) mass is 343 g/mol. The Bertz CT molecular complexity index is 605. The van der Waals surface area contributed by atoms with Crippen molar-refractivity contribution >= 4 is 11.6 Å². The second-order valence-corrected chi connectivity index (χ2v) is 8.12. The van der Waals surface area contributed by atoms with Gasteiger partial charge in [0.05, 0.1) is 0 Å². The third-order valence-corrected chi connectivity index (χ3v) is 5.75. The van der Waals surface area contributed by atoms with E-state index in [1.165, 1.54) is 16.8 Å². The zero-order chi connectivity index (χ0) is 18.0. The Labute approximate surface area is 152 Å². The predicted octanol–water partition coefficient (Wildman–Crippen LogP) is 3.07. The molecule has 0 radical (unpaired) electrons. The molecule has 0 aromatic heterocycles. The fourth-order valence-corrected chi connectivity index (χ4v) is 4.29. The zero-order valence-electron chi connectivity index (χ0n) is 16.3. The quantitative estimate of drug-likeness (QED) is 0.841. The fourth-order valence-electron chi connectivity index (χ4n) is 4.29. The third kappa shape index (κ3) is 4.35. The summed E-state index contributed by atoms with van der Waals surface area (Å²) < 4.78 is 0. The van der Waals surface area contributed by atoms with Gasteiger partial charge in [-0.2, -0.15) is 0 Å². The van der Waals surface area contributed by atoms with E-state index in [0.29, 0.717) is 17.9 Å². The van der Waals surface area contributed by atoms with E-state index < -0.39 is 0 Å². The van der Waals surface area contributed by atoms with Gasteiger partial charge in [0, 0.05) is 57.4 Å². The molecule has 4 heteroatoms. The average molecular weight is 344 g/mol. The SMILES string of the molecule is Cc1ccc(N2CCN(CC3CCC(=O)N(C(C)C)C3)CC2)c(C)c1. The molecule has 2 saturated heterocycles. The van der Waals surface area contributed by atoms with Crippen molar-refractivity contribution in [2.24, 2.45) is 5.92 Å². The minimum absolute atomic E-state index is 0.330. The van der Waals surface area contributed by atoms with Crippen LogP contribution in [0.5, 0.6) is 0 Å². The highest BCUT2D eigenvalue weighted by atomic mass is 16.2. The maximum absolute atomic E-state index is 12.0. The van der Waals surface area contributed by atoms with Gasteiger partial charge in [0.1, 0.15) is 0 Å². The molecule has 25 heavy (non-hydrogen) atoms. The van der Waals surface area contributed by atoms with Crippen LogP contribution in [-0.2, 0) is 4.79 Å². The highest BCUT2D eigenvalue weighted by molar-refractivity contribution is 5.77. The van der Waals surface area contributed by atoms with Crippen LogP contribution in [0.1, 0.15) is 37.8 Å². The average Bonchev–Trinajstić information content (AvgIpc) is 2.57. The molecule has 2 heterocycles. The highest BCUT2D eigenvalue weighted by Crippen LogP contribution is 2.24. The van der Waals surface area contributed by atoms with E-state index in [9.17, 15) is 4.79 Å². The molecule has 0 spiro atoms. The number of amides is 1. The first-order valence-corrected chi connectivity index (χ1v) is 9.78. The maximum atomic E-state index is 12.0. The smallest absolute Gasteiger partial charge is 0.222 e. The van der Waals surface area contributed by atoms with E-state index in [4.69, 9.17) is 0 Å². The van der Waals surface area contributed by atoms with Crippen molar-refractivity contribution in [2.75, 3.05) is 44.2 Å². The van der Waals surface area contributed by atoms with Crippen LogP contribution < -0.4 is 4.90 Å². The number of nitrogens with zero attached hydrogens (tertiary/aromatic N) is 3. The first-order chi connectivity index (χ1) is 11.9. The molecule has 2 aliphatic rings. The largest absolute Gasteiger partial charge is 0.369 e. The van der Waals surface area contributed by atoms with Crippen molar-refractivity contribution in [3.05, 3.63) is 29.3 Å². The summed E-state index contributed by atoms with van der Waals surface area (Å²) in [5.74, 6) is 0.971. The molecule has 1 aromatic rings. The number of anilines is 1. The minimum Gasteiger partial charge on any atom is -0.369 e. The van der Waals surface area contributed by atoms with Crippen LogP contribution in [0.15, 0.2) is 18.2 Å². The number of likely N-dealkylation sites (tertiary alicyclic amines) is 1. The van der Waals surface area contributed by atoms with Crippen molar-refractivity contribution < 1.29 is 4.79 Å². The second kappa shape index (κ2) is 7.77. The Morgan fingerprint density at radius 1 is 1.12 bits per heavy atom. The Balaban J connectivity index is 1.52. The van der Waals surface area contributed by atoms with Gasteiger partial charge < -0.3 is 9.80 Å². The maximum Gasteiger partial charge on any atom is 0.222 e. The lowest BCUT2D eigenvalue weighted by Crippen LogP contribution is -2.51. The third-order valence-electron chi connectivity index (χ3n) is 5.75. The van der Waals surface area contributed by atoms with Crippen LogP contribution in [0.25, 0.3) is 0 Å². The number of hydrogen-bond donors (Lipinski definition) is 0. The fraction of sp³-hybridized carbons (Fsp3) is 0.667. The molecule has 0 N–H and O–H groups in total. The van der Waals surface area contributed by atoms with Crippen LogP contribution >= 0.6 is 0 Å². The molecule has 4 nitrogen and oxygen atoms in total. The summed E-state index contributed by atoms with van der Waals surface area (Å²) in [5.41, 5.74) is 4.10. The number of carbonyl (C=O) groups excluding carboxylic acids is 1. The summed E-state index contributed by atoms with van der Waals surface area (Å²) in [5, 5.41) is 0. The lowest BCUT2D eigenvalue weighted by atomic mass is 9.95. The molecular weight excluding hydrogens is 310 g/mol. The van der Waals surface area contributed by atoms with Crippen LogP contribution in [0.3, 0.4) is 0 Å². The van der Waals surface area contributed by atoms with Gasteiger partial charge in [-0.25, -0.2) is 0 Å². The Morgan fingerprint density at radius 3 is 2.48 bits per heavy atom. The number of aryl methyl sites for hydroxylation is 2. The van der Waals surface area contributed by atoms with Gasteiger partial charge >= 0.3 is 0 Å².